The molecule has 2 aromatic carbocycles. The van der Waals surface area contributed by atoms with Crippen molar-refractivity contribution < 1.29 is 5.11 Å². The Balaban J connectivity index is 1.32. The van der Waals surface area contributed by atoms with E-state index in [2.05, 4.69) is 54.5 Å². The molecule has 0 aliphatic carbocycles. The quantitative estimate of drug-likeness (QED) is 0.499. The van der Waals surface area contributed by atoms with E-state index in [0.717, 1.165) is 37.8 Å². The van der Waals surface area contributed by atoms with E-state index in [1.54, 1.807) is 18.7 Å². The zero-order valence-electron chi connectivity index (χ0n) is 17.1. The van der Waals surface area contributed by atoms with Crippen LogP contribution in [0.15, 0.2) is 66.2 Å². The van der Waals surface area contributed by atoms with E-state index in [0.29, 0.717) is 18.8 Å². The number of nitrogens with zero attached hydrogens (tertiary/aromatic N) is 6. The molecular formula is C22H27N7O. The number of aromatic nitrogens is 3. The first kappa shape index (κ1) is 19.8. The number of phenols is 1. The highest BCUT2D eigenvalue weighted by Gasteiger charge is 2.21. The Kier molecular flexibility index (Phi) is 6.12. The smallest absolute Gasteiger partial charge is 0.194 e. The number of hydrogen-bond acceptors (Lipinski definition) is 5. The van der Waals surface area contributed by atoms with Crippen LogP contribution in [0, 0.1) is 0 Å². The topological polar surface area (TPSA) is 81.8 Å². The van der Waals surface area contributed by atoms with Crippen molar-refractivity contribution in [3.63, 3.8) is 0 Å². The van der Waals surface area contributed by atoms with E-state index in [4.69, 9.17) is 0 Å². The summed E-state index contributed by atoms with van der Waals surface area (Å²) in [6.45, 7) is 4.78. The van der Waals surface area contributed by atoms with E-state index in [1.807, 2.05) is 29.9 Å². The molecule has 156 valence electrons. The standard InChI is InChI=1S/C22H27N7O/c1-23-22(28-11-9-27(10-12-28)20-7-2-3-8-21(20)30)25-14-18-5-4-6-19(13-18)15-29-17-24-16-26-29/h2-8,13,16-17,30H,9-12,14-15H2,1H3,(H,23,25). The highest BCUT2D eigenvalue weighted by atomic mass is 16.3. The van der Waals surface area contributed by atoms with E-state index in [-0.39, 0.29) is 0 Å². The lowest BCUT2D eigenvalue weighted by Crippen LogP contribution is -2.52. The number of benzene rings is 2. The van der Waals surface area contributed by atoms with Gasteiger partial charge in [-0.2, -0.15) is 5.10 Å². The van der Waals surface area contributed by atoms with Gasteiger partial charge in [0.15, 0.2) is 5.96 Å². The molecule has 1 aromatic heterocycles. The monoisotopic (exact) mass is 405 g/mol. The highest BCUT2D eigenvalue weighted by Crippen LogP contribution is 2.27. The van der Waals surface area contributed by atoms with Crippen LogP contribution >= 0.6 is 0 Å². The third-order valence-electron chi connectivity index (χ3n) is 5.27. The molecule has 30 heavy (non-hydrogen) atoms. The number of para-hydroxylation sites is 2. The second-order valence-electron chi connectivity index (χ2n) is 7.28. The summed E-state index contributed by atoms with van der Waals surface area (Å²) in [5.74, 6) is 1.23. The van der Waals surface area contributed by atoms with Crippen LogP contribution in [0.2, 0.25) is 0 Å². The van der Waals surface area contributed by atoms with Crippen LogP contribution in [0.25, 0.3) is 0 Å². The lowest BCUT2D eigenvalue weighted by molar-refractivity contribution is 0.369. The van der Waals surface area contributed by atoms with E-state index >= 15 is 0 Å². The Labute approximate surface area is 176 Å². The molecule has 4 rings (SSSR count). The van der Waals surface area contributed by atoms with E-state index in [9.17, 15) is 5.11 Å². The maximum Gasteiger partial charge on any atom is 0.194 e. The van der Waals surface area contributed by atoms with Gasteiger partial charge in [0.05, 0.1) is 12.2 Å². The molecule has 1 fully saturated rings. The molecule has 8 heteroatoms. The molecule has 0 radical (unpaired) electrons. The van der Waals surface area contributed by atoms with Crippen molar-refractivity contribution in [1.29, 1.82) is 0 Å². The zero-order chi connectivity index (χ0) is 20.8. The summed E-state index contributed by atoms with van der Waals surface area (Å²) in [5, 5.41) is 17.7. The van der Waals surface area contributed by atoms with Crippen molar-refractivity contribution >= 4 is 11.6 Å². The summed E-state index contributed by atoms with van der Waals surface area (Å²) in [6.07, 6.45) is 3.27. The van der Waals surface area contributed by atoms with Gasteiger partial charge in [0.25, 0.3) is 0 Å². The highest BCUT2D eigenvalue weighted by molar-refractivity contribution is 5.80. The van der Waals surface area contributed by atoms with Crippen molar-refractivity contribution in [2.24, 2.45) is 4.99 Å². The molecule has 0 saturated carbocycles. The minimum atomic E-state index is 0.333. The number of aromatic hydroxyl groups is 1. The van der Waals surface area contributed by atoms with Gasteiger partial charge in [-0.25, -0.2) is 9.67 Å². The van der Waals surface area contributed by atoms with Gasteiger partial charge in [-0.15, -0.1) is 0 Å². The Hall–Kier alpha value is -3.55. The molecule has 1 aliphatic rings. The molecule has 1 aliphatic heterocycles. The Morgan fingerprint density at radius 3 is 2.60 bits per heavy atom. The van der Waals surface area contributed by atoms with Gasteiger partial charge in [0.1, 0.15) is 18.4 Å². The third kappa shape index (κ3) is 4.71. The Morgan fingerprint density at radius 2 is 1.87 bits per heavy atom. The van der Waals surface area contributed by atoms with Crippen LogP contribution < -0.4 is 10.2 Å². The van der Waals surface area contributed by atoms with Gasteiger partial charge in [-0.3, -0.25) is 4.99 Å². The second kappa shape index (κ2) is 9.30. The molecule has 2 N–H and O–H groups in total. The maximum absolute atomic E-state index is 10.1. The van der Waals surface area contributed by atoms with Crippen LogP contribution in [-0.2, 0) is 13.1 Å². The predicted octanol–water partition coefficient (Wildman–Crippen LogP) is 1.93. The third-order valence-corrected chi connectivity index (χ3v) is 5.27. The summed E-state index contributed by atoms with van der Waals surface area (Å²) < 4.78 is 1.81. The number of hydrogen-bond donors (Lipinski definition) is 2. The van der Waals surface area contributed by atoms with Crippen molar-refractivity contribution in [2.75, 3.05) is 38.1 Å². The number of nitrogens with one attached hydrogen (secondary N) is 1. The summed E-state index contributed by atoms with van der Waals surface area (Å²) in [5.41, 5.74) is 3.27. The predicted molar refractivity (Wildman–Crippen MR) is 118 cm³/mol. The fraction of sp³-hybridized carbons (Fsp3) is 0.318. The molecule has 3 aromatic rings. The first-order chi connectivity index (χ1) is 14.7. The molecule has 2 heterocycles. The van der Waals surface area contributed by atoms with Crippen molar-refractivity contribution in [1.82, 2.24) is 25.0 Å². The number of phenolic OH excluding ortho intramolecular Hbond substituents is 1. The Bertz CT molecular complexity index is 979. The molecular weight excluding hydrogens is 378 g/mol. The summed E-state index contributed by atoms with van der Waals surface area (Å²) in [7, 11) is 1.82. The van der Waals surface area contributed by atoms with Gasteiger partial charge in [0.2, 0.25) is 0 Å². The van der Waals surface area contributed by atoms with E-state index < -0.39 is 0 Å². The second-order valence-corrected chi connectivity index (χ2v) is 7.28. The SMILES string of the molecule is CN=C(NCc1cccc(Cn2cncn2)c1)N1CCN(c2ccccc2O)CC1. The van der Waals surface area contributed by atoms with Gasteiger partial charge in [-0.1, -0.05) is 36.4 Å². The number of anilines is 1. The number of aliphatic imine (C=N–C) groups is 1. The van der Waals surface area contributed by atoms with Crippen molar-refractivity contribution in [3.05, 3.63) is 72.3 Å². The first-order valence-corrected chi connectivity index (χ1v) is 10.1. The van der Waals surface area contributed by atoms with Crippen molar-refractivity contribution in [3.8, 4) is 5.75 Å². The lowest BCUT2D eigenvalue weighted by Gasteiger charge is -2.37. The molecule has 0 atom stereocenters. The molecule has 0 amide bonds. The lowest BCUT2D eigenvalue weighted by atomic mass is 10.1. The fourth-order valence-corrected chi connectivity index (χ4v) is 3.74. The van der Waals surface area contributed by atoms with Crippen LogP contribution in [0.5, 0.6) is 5.75 Å². The van der Waals surface area contributed by atoms with Crippen LogP contribution in [0.1, 0.15) is 11.1 Å². The van der Waals surface area contributed by atoms with Crippen LogP contribution in [0.3, 0.4) is 0 Å². The number of rotatable bonds is 5. The number of piperazine rings is 1. The Morgan fingerprint density at radius 1 is 1.07 bits per heavy atom. The molecule has 0 unspecified atom stereocenters. The summed E-state index contributed by atoms with van der Waals surface area (Å²) in [6, 6.07) is 16.0. The molecule has 1 saturated heterocycles. The molecule has 8 nitrogen and oxygen atoms in total. The summed E-state index contributed by atoms with van der Waals surface area (Å²) in [4.78, 5) is 12.9. The zero-order valence-corrected chi connectivity index (χ0v) is 17.1. The molecule has 0 spiro atoms. The average Bonchev–Trinajstić information content (AvgIpc) is 3.28. The summed E-state index contributed by atoms with van der Waals surface area (Å²) >= 11 is 0. The van der Waals surface area contributed by atoms with Crippen LogP contribution in [-0.4, -0.2) is 64.0 Å². The van der Waals surface area contributed by atoms with Crippen LogP contribution in [0.4, 0.5) is 5.69 Å². The number of guanidine groups is 1. The average molecular weight is 406 g/mol. The minimum Gasteiger partial charge on any atom is -0.506 e. The van der Waals surface area contributed by atoms with Gasteiger partial charge in [0, 0.05) is 39.8 Å². The largest absolute Gasteiger partial charge is 0.506 e. The van der Waals surface area contributed by atoms with Crippen molar-refractivity contribution in [2.45, 2.75) is 13.1 Å². The first-order valence-electron chi connectivity index (χ1n) is 10.1. The fourth-order valence-electron chi connectivity index (χ4n) is 3.74. The molecule has 0 bridgehead atoms. The van der Waals surface area contributed by atoms with Gasteiger partial charge < -0.3 is 20.2 Å². The minimum absolute atomic E-state index is 0.333. The normalized spacial score (nSPS) is 14.8. The maximum atomic E-state index is 10.1. The van der Waals surface area contributed by atoms with E-state index in [1.165, 1.54) is 11.1 Å². The van der Waals surface area contributed by atoms with Gasteiger partial charge in [-0.05, 0) is 23.3 Å². The van der Waals surface area contributed by atoms with Gasteiger partial charge >= 0.3 is 0 Å².